The number of hydrogen-bond donors (Lipinski definition) is 0. The molecule has 1 fully saturated rings. The van der Waals surface area contributed by atoms with Gasteiger partial charge in [-0.1, -0.05) is 91.0 Å². The van der Waals surface area contributed by atoms with E-state index in [0.717, 1.165) is 22.5 Å². The van der Waals surface area contributed by atoms with Gasteiger partial charge in [0.25, 0.3) is 0 Å². The highest BCUT2D eigenvalue weighted by Gasteiger charge is 2.51. The molecule has 8 rings (SSSR count). The SMILES string of the molecule is CC1(C)OB(c2ccc3c(c2)sc2cc(N(c4ccc(-c5ccccc5)cc4)c4ccc5ccccc5c4)ccc23)OC1(C)C. The first kappa shape index (κ1) is 28.1. The van der Waals surface area contributed by atoms with E-state index in [0.29, 0.717) is 0 Å². The molecule has 0 N–H and O–H groups in total. The second kappa shape index (κ2) is 10.6. The summed E-state index contributed by atoms with van der Waals surface area (Å²) in [5, 5.41) is 4.97. The Kier molecular flexibility index (Phi) is 6.61. The molecule has 0 atom stereocenters. The van der Waals surface area contributed by atoms with Crippen molar-refractivity contribution in [3.63, 3.8) is 0 Å². The quantitative estimate of drug-likeness (QED) is 0.183. The molecule has 1 aliphatic heterocycles. The van der Waals surface area contributed by atoms with Crippen LogP contribution in [0.15, 0.2) is 133 Å². The Morgan fingerprint density at radius 1 is 0.511 bits per heavy atom. The topological polar surface area (TPSA) is 21.7 Å². The summed E-state index contributed by atoms with van der Waals surface area (Å²) in [6.07, 6.45) is 0. The van der Waals surface area contributed by atoms with Crippen LogP contribution in [0.1, 0.15) is 27.7 Å². The number of anilines is 3. The first-order valence-corrected chi connectivity index (χ1v) is 16.3. The lowest BCUT2D eigenvalue weighted by atomic mass is 9.79. The molecule has 0 amide bonds. The fraction of sp³-hybridized carbons (Fsp3) is 0.150. The molecule has 2 heterocycles. The van der Waals surface area contributed by atoms with Crippen molar-refractivity contribution in [1.29, 1.82) is 0 Å². The minimum absolute atomic E-state index is 0.368. The van der Waals surface area contributed by atoms with Gasteiger partial charge in [0.05, 0.1) is 11.2 Å². The highest BCUT2D eigenvalue weighted by Crippen LogP contribution is 2.42. The van der Waals surface area contributed by atoms with E-state index in [9.17, 15) is 0 Å². The molecule has 3 nitrogen and oxygen atoms in total. The zero-order valence-corrected chi connectivity index (χ0v) is 26.8. The average Bonchev–Trinajstić information content (AvgIpc) is 3.53. The van der Waals surface area contributed by atoms with Gasteiger partial charge < -0.3 is 14.2 Å². The van der Waals surface area contributed by atoms with Gasteiger partial charge in [0.2, 0.25) is 0 Å². The van der Waals surface area contributed by atoms with Crippen molar-refractivity contribution in [1.82, 2.24) is 0 Å². The molecule has 5 heteroatoms. The Balaban J connectivity index is 1.22. The second-order valence-electron chi connectivity index (χ2n) is 12.9. The van der Waals surface area contributed by atoms with E-state index in [1.54, 1.807) is 0 Å². The molecular formula is C40H34BNO2S. The largest absolute Gasteiger partial charge is 0.494 e. The van der Waals surface area contributed by atoms with Crippen LogP contribution in [0, 0.1) is 0 Å². The zero-order valence-electron chi connectivity index (χ0n) is 26.0. The van der Waals surface area contributed by atoms with E-state index < -0.39 is 0 Å². The van der Waals surface area contributed by atoms with Gasteiger partial charge in [0, 0.05) is 37.2 Å². The molecule has 0 spiro atoms. The summed E-state index contributed by atoms with van der Waals surface area (Å²) >= 11 is 1.82. The van der Waals surface area contributed by atoms with Crippen molar-refractivity contribution in [2.24, 2.45) is 0 Å². The summed E-state index contributed by atoms with van der Waals surface area (Å²) in [7, 11) is -0.373. The van der Waals surface area contributed by atoms with Crippen molar-refractivity contribution < 1.29 is 9.31 Å². The third kappa shape index (κ3) is 4.92. The summed E-state index contributed by atoms with van der Waals surface area (Å²) in [5.74, 6) is 0. The molecular weight excluding hydrogens is 569 g/mol. The van der Waals surface area contributed by atoms with E-state index in [1.807, 2.05) is 11.3 Å². The van der Waals surface area contributed by atoms with Crippen molar-refractivity contribution in [2.75, 3.05) is 4.90 Å². The molecule has 0 radical (unpaired) electrons. The minimum Gasteiger partial charge on any atom is -0.399 e. The summed E-state index contributed by atoms with van der Waals surface area (Å²) in [6, 6.07) is 48.1. The lowest BCUT2D eigenvalue weighted by Gasteiger charge is -2.32. The smallest absolute Gasteiger partial charge is 0.399 e. The molecule has 6 aromatic carbocycles. The predicted octanol–water partition coefficient (Wildman–Crippen LogP) is 10.6. The monoisotopic (exact) mass is 603 g/mol. The van der Waals surface area contributed by atoms with Gasteiger partial charge in [-0.05, 0) is 97.5 Å². The molecule has 0 unspecified atom stereocenters. The molecule has 1 saturated heterocycles. The maximum atomic E-state index is 6.36. The molecule has 220 valence electrons. The highest BCUT2D eigenvalue weighted by molar-refractivity contribution is 7.26. The van der Waals surface area contributed by atoms with E-state index in [-0.39, 0.29) is 18.3 Å². The predicted molar refractivity (Wildman–Crippen MR) is 193 cm³/mol. The highest BCUT2D eigenvalue weighted by atomic mass is 32.1. The van der Waals surface area contributed by atoms with Crippen LogP contribution in [0.3, 0.4) is 0 Å². The van der Waals surface area contributed by atoms with Crippen LogP contribution in [-0.4, -0.2) is 18.3 Å². The number of benzene rings is 6. The van der Waals surface area contributed by atoms with Crippen LogP contribution in [0.4, 0.5) is 17.1 Å². The van der Waals surface area contributed by atoms with Gasteiger partial charge in [-0.25, -0.2) is 0 Å². The molecule has 0 saturated carbocycles. The average molecular weight is 604 g/mol. The van der Waals surface area contributed by atoms with Crippen LogP contribution in [-0.2, 0) is 9.31 Å². The number of nitrogens with zero attached hydrogens (tertiary/aromatic N) is 1. The van der Waals surface area contributed by atoms with Crippen LogP contribution >= 0.6 is 11.3 Å². The van der Waals surface area contributed by atoms with Crippen molar-refractivity contribution >= 4 is 71.9 Å². The standard InChI is InChI=1S/C40H34BNO2S/c1-39(2)40(3,4)44-41(43-39)31-17-22-35-36-23-21-34(26-38(36)45-37(35)25-31)42(33-20-16-28-12-8-9-13-30(28)24-33)32-18-14-29(15-19-32)27-10-6-5-7-11-27/h5-26H,1-4H3. The number of rotatable bonds is 5. The minimum atomic E-state index is -0.373. The second-order valence-corrected chi connectivity index (χ2v) is 14.0. The lowest BCUT2D eigenvalue weighted by molar-refractivity contribution is 0.00578. The van der Waals surface area contributed by atoms with Crippen molar-refractivity contribution in [3.05, 3.63) is 133 Å². The Labute approximate surface area is 268 Å². The molecule has 0 bridgehead atoms. The van der Waals surface area contributed by atoms with E-state index >= 15 is 0 Å². The van der Waals surface area contributed by atoms with E-state index in [1.165, 1.54) is 42.1 Å². The fourth-order valence-electron chi connectivity index (χ4n) is 6.24. The Morgan fingerprint density at radius 3 is 1.80 bits per heavy atom. The Morgan fingerprint density at radius 2 is 1.07 bits per heavy atom. The van der Waals surface area contributed by atoms with Crippen LogP contribution < -0.4 is 10.4 Å². The normalized spacial score (nSPS) is 15.7. The number of fused-ring (bicyclic) bond motifs is 4. The maximum absolute atomic E-state index is 6.36. The van der Waals surface area contributed by atoms with Gasteiger partial charge in [0.1, 0.15) is 0 Å². The van der Waals surface area contributed by atoms with E-state index in [2.05, 4.69) is 166 Å². The van der Waals surface area contributed by atoms with Gasteiger partial charge in [0.15, 0.2) is 0 Å². The third-order valence-corrected chi connectivity index (χ3v) is 10.6. The first-order chi connectivity index (χ1) is 21.8. The van der Waals surface area contributed by atoms with Crippen LogP contribution in [0.5, 0.6) is 0 Å². The number of thiophene rings is 1. The maximum Gasteiger partial charge on any atom is 0.494 e. The van der Waals surface area contributed by atoms with Gasteiger partial charge in [-0.3, -0.25) is 0 Å². The molecule has 1 aliphatic rings. The summed E-state index contributed by atoms with van der Waals surface area (Å²) in [5.41, 5.74) is 6.12. The fourth-order valence-corrected chi connectivity index (χ4v) is 7.43. The first-order valence-electron chi connectivity index (χ1n) is 15.5. The molecule has 1 aromatic heterocycles. The zero-order chi connectivity index (χ0) is 30.8. The van der Waals surface area contributed by atoms with Crippen molar-refractivity contribution in [2.45, 2.75) is 38.9 Å². The molecule has 45 heavy (non-hydrogen) atoms. The molecule has 0 aliphatic carbocycles. The van der Waals surface area contributed by atoms with Crippen LogP contribution in [0.25, 0.3) is 42.1 Å². The number of hydrogen-bond acceptors (Lipinski definition) is 4. The van der Waals surface area contributed by atoms with Gasteiger partial charge in [-0.2, -0.15) is 0 Å². The van der Waals surface area contributed by atoms with Crippen LogP contribution in [0.2, 0.25) is 0 Å². The summed E-state index contributed by atoms with van der Waals surface area (Å²) in [6.45, 7) is 8.40. The summed E-state index contributed by atoms with van der Waals surface area (Å²) in [4.78, 5) is 2.36. The van der Waals surface area contributed by atoms with Crippen molar-refractivity contribution in [3.8, 4) is 11.1 Å². The van der Waals surface area contributed by atoms with E-state index in [4.69, 9.17) is 9.31 Å². The summed E-state index contributed by atoms with van der Waals surface area (Å²) < 4.78 is 15.2. The Hall–Kier alpha value is -4.42. The molecule has 7 aromatic rings. The lowest BCUT2D eigenvalue weighted by Crippen LogP contribution is -2.41. The Bertz CT molecular complexity index is 2170. The van der Waals surface area contributed by atoms with Gasteiger partial charge in [-0.15, -0.1) is 11.3 Å². The van der Waals surface area contributed by atoms with Gasteiger partial charge >= 0.3 is 7.12 Å². The third-order valence-electron chi connectivity index (χ3n) is 9.49.